The topological polar surface area (TPSA) is 76.1 Å². The van der Waals surface area contributed by atoms with E-state index < -0.39 is 5.97 Å². The molecule has 0 spiro atoms. The lowest BCUT2D eigenvalue weighted by molar-refractivity contribution is -0.145. The van der Waals surface area contributed by atoms with Gasteiger partial charge in [-0.3, -0.25) is 9.59 Å². The summed E-state index contributed by atoms with van der Waals surface area (Å²) in [5.74, 6) is 0.446. The molecule has 1 aliphatic heterocycles. The SMILES string of the molecule is COc1ccc(C(=O)N2CCC(C(=O)O)C(C)C2)c(OCC2CC2)c1. The van der Waals surface area contributed by atoms with Gasteiger partial charge in [-0.25, -0.2) is 0 Å². The Kier molecular flexibility index (Phi) is 5.16. The van der Waals surface area contributed by atoms with E-state index in [0.717, 1.165) is 0 Å². The maximum absolute atomic E-state index is 13.0. The summed E-state index contributed by atoms with van der Waals surface area (Å²) < 4.78 is 11.1. The summed E-state index contributed by atoms with van der Waals surface area (Å²) in [5, 5.41) is 9.24. The van der Waals surface area contributed by atoms with Crippen LogP contribution >= 0.6 is 0 Å². The van der Waals surface area contributed by atoms with Crippen LogP contribution in [-0.2, 0) is 4.79 Å². The number of ether oxygens (including phenoxy) is 2. The van der Waals surface area contributed by atoms with E-state index in [1.165, 1.54) is 12.8 Å². The maximum Gasteiger partial charge on any atom is 0.306 e. The van der Waals surface area contributed by atoms with Crippen LogP contribution in [0.2, 0.25) is 0 Å². The molecule has 1 amide bonds. The van der Waals surface area contributed by atoms with Gasteiger partial charge in [-0.2, -0.15) is 0 Å². The number of hydrogen-bond donors (Lipinski definition) is 1. The van der Waals surface area contributed by atoms with Crippen molar-refractivity contribution in [2.45, 2.75) is 26.2 Å². The molecule has 1 heterocycles. The predicted molar refractivity (Wildman–Crippen MR) is 92.0 cm³/mol. The van der Waals surface area contributed by atoms with Gasteiger partial charge in [0.2, 0.25) is 0 Å². The zero-order chi connectivity index (χ0) is 18.0. The number of aliphatic carboxylic acids is 1. The first-order valence-corrected chi connectivity index (χ1v) is 8.82. The molecule has 1 saturated heterocycles. The Morgan fingerprint density at radius 3 is 2.64 bits per heavy atom. The third kappa shape index (κ3) is 4.06. The van der Waals surface area contributed by atoms with E-state index in [1.54, 1.807) is 30.2 Å². The highest BCUT2D eigenvalue weighted by molar-refractivity contribution is 5.97. The lowest BCUT2D eigenvalue weighted by Gasteiger charge is -2.35. The third-order valence-corrected chi connectivity index (χ3v) is 5.10. The van der Waals surface area contributed by atoms with Crippen molar-refractivity contribution >= 4 is 11.9 Å². The van der Waals surface area contributed by atoms with Gasteiger partial charge >= 0.3 is 5.97 Å². The van der Waals surface area contributed by atoms with Crippen molar-refractivity contribution in [1.82, 2.24) is 4.90 Å². The Bertz CT molecular complexity index is 655. The molecule has 2 aliphatic rings. The van der Waals surface area contributed by atoms with Crippen molar-refractivity contribution < 1.29 is 24.2 Å². The van der Waals surface area contributed by atoms with Crippen molar-refractivity contribution in [1.29, 1.82) is 0 Å². The second kappa shape index (κ2) is 7.33. The van der Waals surface area contributed by atoms with Gasteiger partial charge in [-0.1, -0.05) is 6.92 Å². The van der Waals surface area contributed by atoms with Crippen LogP contribution in [0.1, 0.15) is 36.5 Å². The summed E-state index contributed by atoms with van der Waals surface area (Å²) in [4.78, 5) is 25.9. The number of rotatable bonds is 6. The Morgan fingerprint density at radius 2 is 2.04 bits per heavy atom. The summed E-state index contributed by atoms with van der Waals surface area (Å²) in [6.45, 7) is 3.40. The number of likely N-dealkylation sites (tertiary alicyclic amines) is 1. The third-order valence-electron chi connectivity index (χ3n) is 5.10. The van der Waals surface area contributed by atoms with E-state index in [1.807, 2.05) is 6.92 Å². The molecule has 1 saturated carbocycles. The molecule has 2 fully saturated rings. The minimum atomic E-state index is -0.780. The number of carboxylic acid groups (broad SMARTS) is 1. The summed E-state index contributed by atoms with van der Waals surface area (Å²) in [5.41, 5.74) is 0.516. The Morgan fingerprint density at radius 1 is 1.28 bits per heavy atom. The molecule has 0 aromatic heterocycles. The normalized spacial score (nSPS) is 23.2. The molecule has 0 bridgehead atoms. The van der Waals surface area contributed by atoms with Crippen LogP contribution in [0.5, 0.6) is 11.5 Å². The fourth-order valence-corrected chi connectivity index (χ4v) is 3.29. The Balaban J connectivity index is 1.75. The standard InChI is InChI=1S/C19H25NO5/c1-12-10-20(8-7-15(12)19(22)23)18(21)16-6-5-14(24-2)9-17(16)25-11-13-3-4-13/h5-6,9,12-13,15H,3-4,7-8,10-11H2,1-2H3,(H,22,23). The number of piperidine rings is 1. The minimum absolute atomic E-state index is 0.0655. The Hall–Kier alpha value is -2.24. The lowest BCUT2D eigenvalue weighted by atomic mass is 9.87. The van der Waals surface area contributed by atoms with Gasteiger partial charge in [0.05, 0.1) is 25.2 Å². The first-order chi connectivity index (χ1) is 12.0. The second-order valence-corrected chi connectivity index (χ2v) is 7.08. The molecule has 25 heavy (non-hydrogen) atoms. The summed E-state index contributed by atoms with van der Waals surface area (Å²) in [6.07, 6.45) is 2.83. The van der Waals surface area contributed by atoms with Crippen LogP contribution in [0.4, 0.5) is 0 Å². The van der Waals surface area contributed by atoms with E-state index >= 15 is 0 Å². The van der Waals surface area contributed by atoms with Crippen molar-refractivity contribution in [3.05, 3.63) is 23.8 Å². The molecule has 1 N–H and O–H groups in total. The van der Waals surface area contributed by atoms with Gasteiger partial charge in [0.1, 0.15) is 11.5 Å². The number of benzene rings is 1. The number of carbonyl (C=O) groups is 2. The molecule has 3 rings (SSSR count). The van der Waals surface area contributed by atoms with Crippen molar-refractivity contribution in [3.63, 3.8) is 0 Å². The molecular weight excluding hydrogens is 322 g/mol. The molecule has 2 atom stereocenters. The number of carboxylic acids is 1. The number of hydrogen-bond acceptors (Lipinski definition) is 4. The smallest absolute Gasteiger partial charge is 0.306 e. The molecule has 6 nitrogen and oxygen atoms in total. The number of methoxy groups -OCH3 is 1. The fraction of sp³-hybridized carbons (Fsp3) is 0.579. The first-order valence-electron chi connectivity index (χ1n) is 8.82. The van der Waals surface area contributed by atoms with Gasteiger partial charge in [-0.05, 0) is 43.2 Å². The second-order valence-electron chi connectivity index (χ2n) is 7.08. The van der Waals surface area contributed by atoms with Crippen molar-refractivity contribution in [2.24, 2.45) is 17.8 Å². The number of amides is 1. The molecule has 1 aromatic rings. The van der Waals surface area contributed by atoms with Crippen LogP contribution in [0.3, 0.4) is 0 Å². The highest BCUT2D eigenvalue weighted by Crippen LogP contribution is 2.33. The molecule has 1 aromatic carbocycles. The largest absolute Gasteiger partial charge is 0.497 e. The Labute approximate surface area is 147 Å². The molecule has 136 valence electrons. The van der Waals surface area contributed by atoms with Crippen LogP contribution < -0.4 is 9.47 Å². The van der Waals surface area contributed by atoms with Crippen LogP contribution in [0.25, 0.3) is 0 Å². The van der Waals surface area contributed by atoms with Gasteiger partial charge in [0.25, 0.3) is 5.91 Å². The zero-order valence-electron chi connectivity index (χ0n) is 14.7. The van der Waals surface area contributed by atoms with Gasteiger partial charge in [0, 0.05) is 19.2 Å². The van der Waals surface area contributed by atoms with Crippen LogP contribution in [0, 0.1) is 17.8 Å². The number of nitrogens with zero attached hydrogens (tertiary/aromatic N) is 1. The van der Waals surface area contributed by atoms with E-state index in [0.29, 0.717) is 49.1 Å². The van der Waals surface area contributed by atoms with Crippen molar-refractivity contribution in [2.75, 3.05) is 26.8 Å². The first kappa shape index (κ1) is 17.6. The van der Waals surface area contributed by atoms with Crippen LogP contribution in [-0.4, -0.2) is 48.7 Å². The summed E-state index contributed by atoms with van der Waals surface area (Å²) in [6, 6.07) is 5.24. The van der Waals surface area contributed by atoms with Crippen molar-refractivity contribution in [3.8, 4) is 11.5 Å². The van der Waals surface area contributed by atoms with E-state index in [2.05, 4.69) is 0 Å². The molecular formula is C19H25NO5. The van der Waals surface area contributed by atoms with E-state index in [9.17, 15) is 14.7 Å². The average Bonchev–Trinajstić information content (AvgIpc) is 3.43. The molecule has 2 unspecified atom stereocenters. The average molecular weight is 347 g/mol. The molecule has 1 aliphatic carbocycles. The summed E-state index contributed by atoms with van der Waals surface area (Å²) >= 11 is 0. The monoisotopic (exact) mass is 347 g/mol. The molecule has 0 radical (unpaired) electrons. The summed E-state index contributed by atoms with van der Waals surface area (Å²) in [7, 11) is 1.58. The van der Waals surface area contributed by atoms with E-state index in [4.69, 9.17) is 9.47 Å². The van der Waals surface area contributed by atoms with Gasteiger partial charge < -0.3 is 19.5 Å². The van der Waals surface area contributed by atoms with Crippen LogP contribution in [0.15, 0.2) is 18.2 Å². The lowest BCUT2D eigenvalue weighted by Crippen LogP contribution is -2.45. The highest BCUT2D eigenvalue weighted by atomic mass is 16.5. The zero-order valence-corrected chi connectivity index (χ0v) is 14.7. The highest BCUT2D eigenvalue weighted by Gasteiger charge is 2.34. The fourth-order valence-electron chi connectivity index (χ4n) is 3.29. The minimum Gasteiger partial charge on any atom is -0.497 e. The van der Waals surface area contributed by atoms with Gasteiger partial charge in [0.15, 0.2) is 0 Å². The molecule has 6 heteroatoms. The van der Waals surface area contributed by atoms with Gasteiger partial charge in [-0.15, -0.1) is 0 Å². The van der Waals surface area contributed by atoms with E-state index in [-0.39, 0.29) is 17.7 Å². The predicted octanol–water partition coefficient (Wildman–Crippen LogP) is 2.67. The maximum atomic E-state index is 13.0. The number of carbonyl (C=O) groups excluding carboxylic acids is 1. The quantitative estimate of drug-likeness (QED) is 0.856.